The van der Waals surface area contributed by atoms with Gasteiger partial charge < -0.3 is 19.7 Å². The zero-order valence-corrected chi connectivity index (χ0v) is 21.1. The van der Waals surface area contributed by atoms with Crippen LogP contribution in [-0.2, 0) is 20.9 Å². The van der Waals surface area contributed by atoms with Gasteiger partial charge in [0.25, 0.3) is 0 Å². The minimum absolute atomic E-state index is 0.0763. The summed E-state index contributed by atoms with van der Waals surface area (Å²) in [6.07, 6.45) is 9.53. The van der Waals surface area contributed by atoms with Gasteiger partial charge in [0.2, 0.25) is 0 Å². The van der Waals surface area contributed by atoms with E-state index in [2.05, 4.69) is 19.9 Å². The Hall–Kier alpha value is -1.69. The van der Waals surface area contributed by atoms with E-state index in [1.807, 2.05) is 12.1 Å². The number of hydrogen-bond acceptors (Lipinski definition) is 5. The molecule has 0 saturated heterocycles. The van der Waals surface area contributed by atoms with Crippen LogP contribution in [0.3, 0.4) is 0 Å². The molecule has 0 radical (unpaired) electrons. The first-order valence-corrected chi connectivity index (χ1v) is 13.0. The van der Waals surface area contributed by atoms with E-state index < -0.39 is 11.4 Å². The highest BCUT2D eigenvalue weighted by molar-refractivity contribution is 5.86. The van der Waals surface area contributed by atoms with Crippen LogP contribution in [0.2, 0.25) is 0 Å². The second kappa shape index (κ2) is 8.18. The summed E-state index contributed by atoms with van der Waals surface area (Å²) in [6, 6.07) is 6.96. The van der Waals surface area contributed by atoms with Gasteiger partial charge in [-0.2, -0.15) is 0 Å². The molecule has 0 amide bonds. The first kappa shape index (κ1) is 24.0. The fraction of sp³-hybridized carbons (Fsp3) is 0.690. The molecule has 2 N–H and O–H groups in total. The number of phenolic OH excluding ortho intramolecular Hbond substituents is 1. The molecule has 4 aliphatic rings. The number of allylic oxidation sites excluding steroid dienone is 1. The monoisotopic (exact) mass is 468 g/mol. The Kier molecular flexibility index (Phi) is 5.78. The fourth-order valence-electron chi connectivity index (χ4n) is 8.61. The Balaban J connectivity index is 1.35. The predicted octanol–water partition coefficient (Wildman–Crippen LogP) is 5.53. The molecule has 0 bridgehead atoms. The van der Waals surface area contributed by atoms with Crippen LogP contribution in [0.15, 0.2) is 35.9 Å². The fourth-order valence-corrected chi connectivity index (χ4v) is 8.61. The number of fused-ring (bicyclic) bond motifs is 5. The average Bonchev–Trinajstić information content (AvgIpc) is 3.13. The van der Waals surface area contributed by atoms with Crippen molar-refractivity contribution in [3.63, 3.8) is 0 Å². The lowest BCUT2D eigenvalue weighted by Gasteiger charge is -2.59. The van der Waals surface area contributed by atoms with Crippen LogP contribution in [0.1, 0.15) is 77.7 Å². The quantitative estimate of drug-likeness (QED) is 0.439. The van der Waals surface area contributed by atoms with Gasteiger partial charge in [-0.15, -0.1) is 0 Å². The number of methoxy groups -OCH3 is 1. The zero-order valence-electron chi connectivity index (χ0n) is 21.1. The molecule has 186 valence electrons. The number of ether oxygens (including phenoxy) is 2. The number of rotatable bonds is 5. The number of phenols is 1. The first-order valence-electron chi connectivity index (χ1n) is 13.0. The molecule has 3 fully saturated rings. The minimum Gasteiger partial charge on any atom is -0.508 e. The maximum Gasteiger partial charge on any atom is 0.169 e. The van der Waals surface area contributed by atoms with Crippen LogP contribution in [0.4, 0.5) is 0 Å². The number of Topliss-reactive ketones (excluding diaryl/α,β-unsaturated/α-hetero) is 1. The van der Waals surface area contributed by atoms with Crippen molar-refractivity contribution in [3.05, 3.63) is 41.5 Å². The lowest BCUT2D eigenvalue weighted by Crippen LogP contribution is -2.58. The van der Waals surface area contributed by atoms with Gasteiger partial charge in [0, 0.05) is 25.4 Å². The molecule has 4 aliphatic carbocycles. The van der Waals surface area contributed by atoms with E-state index in [4.69, 9.17) is 9.47 Å². The molecule has 5 rings (SSSR count). The second-order valence-electron chi connectivity index (χ2n) is 11.9. The molecule has 0 unspecified atom stereocenters. The lowest BCUT2D eigenvalue weighted by molar-refractivity contribution is -0.232. The summed E-state index contributed by atoms with van der Waals surface area (Å²) in [5, 5.41) is 20.8. The van der Waals surface area contributed by atoms with Crippen molar-refractivity contribution in [1.29, 1.82) is 0 Å². The van der Waals surface area contributed by atoms with E-state index in [0.717, 1.165) is 44.1 Å². The molecule has 34 heavy (non-hydrogen) atoms. The SMILES string of the molecule is CO[C@]1(C(C)=O)CC[C@H]2[C@@H]3CC=C4C[C@](O)(OCc5ccc(O)cc5)CC[C@]4(C)[C@H]3CC[C@@]21C. The Bertz CT molecular complexity index is 985. The third-order valence-corrected chi connectivity index (χ3v) is 10.6. The number of carbonyl (C=O) groups excluding carboxylic acids is 1. The number of carbonyl (C=O) groups is 1. The van der Waals surface area contributed by atoms with E-state index in [9.17, 15) is 15.0 Å². The van der Waals surface area contributed by atoms with Gasteiger partial charge in [0.15, 0.2) is 11.6 Å². The molecule has 0 spiro atoms. The summed E-state index contributed by atoms with van der Waals surface area (Å²) >= 11 is 0. The average molecular weight is 469 g/mol. The van der Waals surface area contributed by atoms with Gasteiger partial charge in [-0.3, -0.25) is 4.79 Å². The van der Waals surface area contributed by atoms with E-state index in [1.165, 1.54) is 5.57 Å². The summed E-state index contributed by atoms with van der Waals surface area (Å²) in [7, 11) is 1.72. The highest BCUT2D eigenvalue weighted by Crippen LogP contribution is 2.68. The van der Waals surface area contributed by atoms with Crippen molar-refractivity contribution in [2.75, 3.05) is 7.11 Å². The van der Waals surface area contributed by atoms with Crippen molar-refractivity contribution in [2.24, 2.45) is 28.6 Å². The van der Waals surface area contributed by atoms with Crippen molar-refractivity contribution >= 4 is 5.78 Å². The van der Waals surface area contributed by atoms with Crippen molar-refractivity contribution in [1.82, 2.24) is 0 Å². The third kappa shape index (κ3) is 3.42. The molecular formula is C29H40O5. The number of hydrogen-bond donors (Lipinski definition) is 2. The molecule has 1 aromatic rings. The van der Waals surface area contributed by atoms with Crippen LogP contribution in [-0.4, -0.2) is 34.5 Å². The number of ketones is 1. The van der Waals surface area contributed by atoms with Gasteiger partial charge >= 0.3 is 0 Å². The van der Waals surface area contributed by atoms with Crippen LogP contribution in [0.25, 0.3) is 0 Å². The summed E-state index contributed by atoms with van der Waals surface area (Å²) in [6.45, 7) is 6.76. The largest absolute Gasteiger partial charge is 0.508 e. The van der Waals surface area contributed by atoms with Gasteiger partial charge in [-0.05, 0) is 86.3 Å². The Morgan fingerprint density at radius 1 is 1.06 bits per heavy atom. The molecular weight excluding hydrogens is 428 g/mol. The molecule has 0 heterocycles. The molecule has 5 heteroatoms. The Labute approximate surface area is 203 Å². The Morgan fingerprint density at radius 3 is 2.44 bits per heavy atom. The molecule has 7 atom stereocenters. The van der Waals surface area contributed by atoms with E-state index in [-0.39, 0.29) is 22.4 Å². The van der Waals surface area contributed by atoms with E-state index in [1.54, 1.807) is 26.2 Å². The highest BCUT2D eigenvalue weighted by atomic mass is 16.6. The van der Waals surface area contributed by atoms with Crippen LogP contribution < -0.4 is 0 Å². The van der Waals surface area contributed by atoms with E-state index in [0.29, 0.717) is 37.2 Å². The molecule has 5 nitrogen and oxygen atoms in total. The molecule has 3 saturated carbocycles. The molecule has 0 aromatic heterocycles. The van der Waals surface area contributed by atoms with Crippen LogP contribution in [0, 0.1) is 28.6 Å². The second-order valence-corrected chi connectivity index (χ2v) is 11.9. The third-order valence-electron chi connectivity index (χ3n) is 10.6. The summed E-state index contributed by atoms with van der Waals surface area (Å²) in [5.74, 6) is 0.905. The maximum absolute atomic E-state index is 12.8. The number of aromatic hydroxyl groups is 1. The predicted molar refractivity (Wildman–Crippen MR) is 130 cm³/mol. The van der Waals surface area contributed by atoms with Gasteiger partial charge in [0.1, 0.15) is 11.4 Å². The van der Waals surface area contributed by atoms with Gasteiger partial charge in [-0.1, -0.05) is 37.6 Å². The smallest absolute Gasteiger partial charge is 0.169 e. The summed E-state index contributed by atoms with van der Waals surface area (Å²) in [4.78, 5) is 12.8. The Morgan fingerprint density at radius 2 is 1.76 bits per heavy atom. The minimum atomic E-state index is -1.15. The van der Waals surface area contributed by atoms with Crippen molar-refractivity contribution in [2.45, 2.75) is 90.1 Å². The van der Waals surface area contributed by atoms with Crippen molar-refractivity contribution in [3.8, 4) is 5.75 Å². The highest BCUT2D eigenvalue weighted by Gasteiger charge is 2.66. The number of aliphatic hydroxyl groups is 1. The topological polar surface area (TPSA) is 76.0 Å². The summed E-state index contributed by atoms with van der Waals surface area (Å²) in [5.41, 5.74) is 1.63. The maximum atomic E-state index is 12.8. The van der Waals surface area contributed by atoms with Crippen molar-refractivity contribution < 1.29 is 24.5 Å². The van der Waals surface area contributed by atoms with Gasteiger partial charge in [0.05, 0.1) is 6.61 Å². The zero-order chi connectivity index (χ0) is 24.4. The van der Waals surface area contributed by atoms with Crippen LogP contribution >= 0.6 is 0 Å². The van der Waals surface area contributed by atoms with Gasteiger partial charge in [-0.25, -0.2) is 0 Å². The number of benzene rings is 1. The standard InChI is InChI=1S/C29H40O5/c1-19(30)29(33-4)14-12-25-23-10-7-21-17-28(32,34-18-20-5-8-22(31)9-6-20)16-15-26(21,2)24(23)11-13-27(25,29)3/h5-9,23-25,31-32H,10-18H2,1-4H3/t23-,24+,25+,26+,27+,28-,29+/m1/s1. The normalized spacial score (nSPS) is 43.4. The first-order chi connectivity index (χ1) is 16.1. The summed E-state index contributed by atoms with van der Waals surface area (Å²) < 4.78 is 12.1. The molecule has 1 aromatic carbocycles. The lowest BCUT2D eigenvalue weighted by atomic mass is 9.46. The van der Waals surface area contributed by atoms with Crippen LogP contribution in [0.5, 0.6) is 5.75 Å². The van der Waals surface area contributed by atoms with E-state index >= 15 is 0 Å². The molecule has 0 aliphatic heterocycles.